The molecule has 0 fully saturated rings. The first-order valence-corrected chi connectivity index (χ1v) is 10.0. The summed E-state index contributed by atoms with van der Waals surface area (Å²) in [6, 6.07) is 0. The fourth-order valence-electron chi connectivity index (χ4n) is 2.57. The molecule has 0 saturated carbocycles. The number of nitrogens with zero attached hydrogens (tertiary/aromatic N) is 1. The second-order valence-corrected chi connectivity index (χ2v) is 7.96. The van der Waals surface area contributed by atoms with Crippen LogP contribution in [-0.2, 0) is 19.1 Å². The molecule has 0 spiro atoms. The summed E-state index contributed by atoms with van der Waals surface area (Å²) in [4.78, 5) is 33.2. The van der Waals surface area contributed by atoms with Crippen molar-refractivity contribution < 1.29 is 33.8 Å². The van der Waals surface area contributed by atoms with E-state index in [-0.39, 0.29) is 25.2 Å². The topological polar surface area (TPSA) is 101 Å². The molecule has 0 aromatic rings. The second kappa shape index (κ2) is 15.5. The number of carboxylic acid groups (broad SMARTS) is 2. The molecular formula is C22H36NO6+. The molecule has 7 heteroatoms. The number of ether oxygens (including phenoxy) is 1. The average Bonchev–Trinajstić information content (AvgIpc) is 2.56. The Labute approximate surface area is 173 Å². The average molecular weight is 411 g/mol. The molecule has 0 rings (SSSR count). The highest BCUT2D eigenvalue weighted by Gasteiger charge is 2.24. The molecular weight excluding hydrogens is 374 g/mol. The van der Waals surface area contributed by atoms with E-state index in [9.17, 15) is 14.4 Å². The predicted octanol–water partition coefficient (Wildman–Crippen LogP) is 3.56. The molecule has 0 aromatic heterocycles. The Morgan fingerprint density at radius 1 is 0.828 bits per heavy atom. The van der Waals surface area contributed by atoms with Gasteiger partial charge in [-0.3, -0.25) is 14.4 Å². The number of likely N-dealkylation sites (N-methyl/N-ethyl adjacent to an activating group) is 1. The highest BCUT2D eigenvalue weighted by molar-refractivity contribution is 5.71. The third kappa shape index (κ3) is 20.1. The number of carboxylic acids is 2. The third-order valence-electron chi connectivity index (χ3n) is 3.82. The van der Waals surface area contributed by atoms with Crippen molar-refractivity contribution in [2.75, 3.05) is 27.7 Å². The SMILES string of the molecule is C[N+](C)(C)CC(CC(=O)O)OC(=O)CCC/C=C/C=C/C=C/CCCCC(=O)O. The first-order chi connectivity index (χ1) is 13.6. The summed E-state index contributed by atoms with van der Waals surface area (Å²) in [5.74, 6) is -2.09. The van der Waals surface area contributed by atoms with Crippen LogP contribution in [0, 0.1) is 0 Å². The van der Waals surface area contributed by atoms with Gasteiger partial charge in [0.1, 0.15) is 6.54 Å². The molecule has 1 atom stereocenters. The Morgan fingerprint density at radius 3 is 1.93 bits per heavy atom. The van der Waals surface area contributed by atoms with Crippen LogP contribution in [0.5, 0.6) is 0 Å². The maximum atomic E-state index is 11.9. The van der Waals surface area contributed by atoms with Gasteiger partial charge in [-0.15, -0.1) is 0 Å². The monoisotopic (exact) mass is 410 g/mol. The van der Waals surface area contributed by atoms with Crippen LogP contribution in [0.2, 0.25) is 0 Å². The van der Waals surface area contributed by atoms with Crippen LogP contribution >= 0.6 is 0 Å². The zero-order valence-corrected chi connectivity index (χ0v) is 17.9. The highest BCUT2D eigenvalue weighted by atomic mass is 16.5. The van der Waals surface area contributed by atoms with Gasteiger partial charge in [-0.2, -0.15) is 0 Å². The molecule has 164 valence electrons. The lowest BCUT2D eigenvalue weighted by Gasteiger charge is -2.28. The van der Waals surface area contributed by atoms with Crippen molar-refractivity contribution in [1.82, 2.24) is 0 Å². The molecule has 0 aromatic carbocycles. The Morgan fingerprint density at radius 2 is 1.41 bits per heavy atom. The van der Waals surface area contributed by atoms with Crippen LogP contribution < -0.4 is 0 Å². The normalized spacial score (nSPS) is 13.3. The molecule has 7 nitrogen and oxygen atoms in total. The summed E-state index contributed by atoms with van der Waals surface area (Å²) in [6.45, 7) is 0.454. The Kier molecular flexibility index (Phi) is 14.2. The minimum Gasteiger partial charge on any atom is -0.481 e. The van der Waals surface area contributed by atoms with Crippen LogP contribution in [0.15, 0.2) is 36.5 Å². The van der Waals surface area contributed by atoms with Crippen molar-refractivity contribution >= 4 is 17.9 Å². The number of allylic oxidation sites excluding steroid dienone is 6. The molecule has 0 radical (unpaired) electrons. The van der Waals surface area contributed by atoms with E-state index in [1.165, 1.54) is 0 Å². The van der Waals surface area contributed by atoms with Crippen LogP contribution in [0.3, 0.4) is 0 Å². The molecule has 0 aliphatic rings. The van der Waals surface area contributed by atoms with Crippen molar-refractivity contribution in [3.63, 3.8) is 0 Å². The quantitative estimate of drug-likeness (QED) is 0.175. The zero-order chi connectivity index (χ0) is 22.1. The fourth-order valence-corrected chi connectivity index (χ4v) is 2.57. The van der Waals surface area contributed by atoms with E-state index < -0.39 is 18.0 Å². The lowest BCUT2D eigenvalue weighted by molar-refractivity contribution is -0.873. The van der Waals surface area contributed by atoms with E-state index in [0.717, 1.165) is 19.3 Å². The van der Waals surface area contributed by atoms with E-state index in [0.29, 0.717) is 23.9 Å². The minimum absolute atomic E-state index is 0.182. The molecule has 0 aliphatic heterocycles. The van der Waals surface area contributed by atoms with Crippen molar-refractivity contribution in [3.05, 3.63) is 36.5 Å². The van der Waals surface area contributed by atoms with Crippen LogP contribution in [0.1, 0.15) is 51.4 Å². The van der Waals surface area contributed by atoms with Gasteiger partial charge < -0.3 is 19.4 Å². The summed E-state index contributed by atoms with van der Waals surface area (Å²) in [7, 11) is 5.78. The number of hydrogen-bond acceptors (Lipinski definition) is 4. The highest BCUT2D eigenvalue weighted by Crippen LogP contribution is 2.08. The van der Waals surface area contributed by atoms with Crippen molar-refractivity contribution in [2.24, 2.45) is 0 Å². The molecule has 1 unspecified atom stereocenters. The van der Waals surface area contributed by atoms with E-state index in [1.54, 1.807) is 0 Å². The van der Waals surface area contributed by atoms with Gasteiger partial charge in [0.15, 0.2) is 6.10 Å². The van der Waals surface area contributed by atoms with Crippen molar-refractivity contribution in [2.45, 2.75) is 57.5 Å². The largest absolute Gasteiger partial charge is 0.481 e. The van der Waals surface area contributed by atoms with E-state index in [1.807, 2.05) is 57.6 Å². The summed E-state index contributed by atoms with van der Waals surface area (Å²) in [5.41, 5.74) is 0. The summed E-state index contributed by atoms with van der Waals surface area (Å²) >= 11 is 0. The van der Waals surface area contributed by atoms with Gasteiger partial charge in [0, 0.05) is 12.8 Å². The van der Waals surface area contributed by atoms with Gasteiger partial charge in [0.05, 0.1) is 27.6 Å². The van der Waals surface area contributed by atoms with E-state index >= 15 is 0 Å². The van der Waals surface area contributed by atoms with Gasteiger partial charge in [0.25, 0.3) is 0 Å². The molecule has 0 amide bonds. The molecule has 29 heavy (non-hydrogen) atoms. The predicted molar refractivity (Wildman–Crippen MR) is 112 cm³/mol. The molecule has 0 saturated heterocycles. The van der Waals surface area contributed by atoms with Crippen LogP contribution in [0.4, 0.5) is 0 Å². The van der Waals surface area contributed by atoms with E-state index in [4.69, 9.17) is 14.9 Å². The number of carbonyl (C=O) groups excluding carboxylic acids is 1. The number of esters is 1. The van der Waals surface area contributed by atoms with Gasteiger partial charge in [-0.25, -0.2) is 0 Å². The zero-order valence-electron chi connectivity index (χ0n) is 17.9. The van der Waals surface area contributed by atoms with Gasteiger partial charge in [0.2, 0.25) is 0 Å². The molecule has 2 N–H and O–H groups in total. The molecule has 0 bridgehead atoms. The second-order valence-electron chi connectivity index (χ2n) is 7.96. The minimum atomic E-state index is -0.972. The number of unbranched alkanes of at least 4 members (excludes halogenated alkanes) is 3. The number of rotatable bonds is 16. The number of quaternary nitrogens is 1. The van der Waals surface area contributed by atoms with Gasteiger partial charge >= 0.3 is 17.9 Å². The smallest absolute Gasteiger partial charge is 0.307 e. The van der Waals surface area contributed by atoms with E-state index in [2.05, 4.69) is 0 Å². The van der Waals surface area contributed by atoms with Crippen LogP contribution in [-0.4, -0.2) is 66.4 Å². The standard InChI is InChI=1S/C22H35NO6/c1-23(2,3)18-19(17-21(26)27)29-22(28)16-14-12-10-8-6-4-5-7-9-11-13-15-20(24)25/h4-8,10,19H,9,11-18H2,1-3H3,(H-,24,25,26,27)/p+1/b6-4+,7-5+,10-8+. The Hall–Kier alpha value is -2.41. The van der Waals surface area contributed by atoms with Gasteiger partial charge in [-0.05, 0) is 32.1 Å². The van der Waals surface area contributed by atoms with Crippen LogP contribution in [0.25, 0.3) is 0 Å². The third-order valence-corrected chi connectivity index (χ3v) is 3.82. The first kappa shape index (κ1) is 26.6. The lowest BCUT2D eigenvalue weighted by atomic mass is 10.2. The maximum Gasteiger partial charge on any atom is 0.307 e. The lowest BCUT2D eigenvalue weighted by Crippen LogP contribution is -2.43. The fraction of sp³-hybridized carbons (Fsp3) is 0.591. The summed E-state index contributed by atoms with van der Waals surface area (Å²) in [5, 5.41) is 17.5. The summed E-state index contributed by atoms with van der Waals surface area (Å²) < 4.78 is 5.86. The van der Waals surface area contributed by atoms with Crippen molar-refractivity contribution in [1.29, 1.82) is 0 Å². The number of aliphatic carboxylic acids is 2. The van der Waals surface area contributed by atoms with Gasteiger partial charge in [-0.1, -0.05) is 36.5 Å². The Balaban J connectivity index is 3.97. The summed E-state index contributed by atoms with van der Waals surface area (Å²) in [6.07, 6.45) is 15.1. The first-order valence-electron chi connectivity index (χ1n) is 10.0. The number of hydrogen-bond donors (Lipinski definition) is 2. The Bertz CT molecular complexity index is 587. The molecule has 0 aliphatic carbocycles. The number of carbonyl (C=O) groups is 3. The van der Waals surface area contributed by atoms with Crippen molar-refractivity contribution in [3.8, 4) is 0 Å². The molecule has 0 heterocycles. The maximum absolute atomic E-state index is 11.9.